The molecule has 2 rings (SSSR count). The highest BCUT2D eigenvalue weighted by atomic mass is 127. The molecule has 5 nitrogen and oxygen atoms in total. The summed E-state index contributed by atoms with van der Waals surface area (Å²) < 4.78 is 0. The van der Waals surface area contributed by atoms with Crippen molar-refractivity contribution in [2.24, 2.45) is 4.99 Å². The van der Waals surface area contributed by atoms with E-state index in [0.29, 0.717) is 12.1 Å². The molecule has 0 aliphatic rings. The van der Waals surface area contributed by atoms with Gasteiger partial charge in [-0.25, -0.2) is 0 Å². The summed E-state index contributed by atoms with van der Waals surface area (Å²) >= 11 is 7.88. The Morgan fingerprint density at radius 1 is 1.17 bits per heavy atom. The molecule has 0 aliphatic carbocycles. The van der Waals surface area contributed by atoms with Gasteiger partial charge in [-0.1, -0.05) is 35.9 Å². The van der Waals surface area contributed by atoms with E-state index in [0.717, 1.165) is 23.1 Å². The third-order valence-corrected chi connectivity index (χ3v) is 5.49. The number of guanidine groups is 1. The summed E-state index contributed by atoms with van der Waals surface area (Å²) in [6.07, 6.45) is 2.08. The second-order valence-corrected chi connectivity index (χ2v) is 7.96. The summed E-state index contributed by atoms with van der Waals surface area (Å²) in [6.45, 7) is 1.36. The Morgan fingerprint density at radius 2 is 1.86 bits per heavy atom. The smallest absolute Gasteiger partial charge is 0.253 e. The Labute approximate surface area is 199 Å². The van der Waals surface area contributed by atoms with Crippen molar-refractivity contribution < 1.29 is 4.79 Å². The van der Waals surface area contributed by atoms with Gasteiger partial charge in [0.25, 0.3) is 5.91 Å². The quantitative estimate of drug-likeness (QED) is 0.307. The van der Waals surface area contributed by atoms with E-state index in [1.54, 1.807) is 37.8 Å². The van der Waals surface area contributed by atoms with E-state index in [-0.39, 0.29) is 35.1 Å². The Bertz CT molecular complexity index is 815. The standard InChI is InChI=1S/C21H27ClN4OS.HI/c1-23-21(25-14-19(28-4)17-6-5-7-18(22)12-17)24-13-15-8-10-16(11-9-15)20(27)26(2)3;/h5-12,19H,13-14H2,1-4H3,(H2,23,24,25);1H. The molecule has 2 N–H and O–H groups in total. The first-order valence-electron chi connectivity index (χ1n) is 8.98. The lowest BCUT2D eigenvalue weighted by atomic mass is 10.1. The van der Waals surface area contributed by atoms with Crippen LogP contribution in [-0.2, 0) is 6.54 Å². The van der Waals surface area contributed by atoms with Crippen LogP contribution in [0.1, 0.15) is 26.7 Å². The molecule has 0 saturated heterocycles. The molecule has 0 heterocycles. The van der Waals surface area contributed by atoms with E-state index < -0.39 is 0 Å². The van der Waals surface area contributed by atoms with Crippen LogP contribution in [0.2, 0.25) is 5.02 Å². The summed E-state index contributed by atoms with van der Waals surface area (Å²) in [6, 6.07) is 15.5. The Kier molecular flexibility index (Phi) is 11.4. The highest BCUT2D eigenvalue weighted by Crippen LogP contribution is 2.27. The molecule has 2 aromatic carbocycles. The number of carbonyl (C=O) groups is 1. The van der Waals surface area contributed by atoms with Gasteiger partial charge in [0.1, 0.15) is 0 Å². The van der Waals surface area contributed by atoms with Crippen LogP contribution < -0.4 is 10.6 Å². The predicted molar refractivity (Wildman–Crippen MR) is 136 cm³/mol. The Hall–Kier alpha value is -1.45. The third-order valence-electron chi connectivity index (χ3n) is 4.25. The van der Waals surface area contributed by atoms with E-state index in [9.17, 15) is 4.79 Å². The maximum atomic E-state index is 12.0. The van der Waals surface area contributed by atoms with Crippen LogP contribution in [0.4, 0.5) is 0 Å². The molecule has 0 spiro atoms. The molecule has 8 heteroatoms. The van der Waals surface area contributed by atoms with Crippen LogP contribution in [-0.4, -0.2) is 50.7 Å². The highest BCUT2D eigenvalue weighted by molar-refractivity contribution is 14.0. The van der Waals surface area contributed by atoms with Crippen molar-refractivity contribution in [3.05, 3.63) is 70.2 Å². The van der Waals surface area contributed by atoms with Gasteiger partial charge in [-0.2, -0.15) is 11.8 Å². The molecular weight excluding hydrogens is 519 g/mol. The summed E-state index contributed by atoms with van der Waals surface area (Å²) in [5, 5.41) is 7.69. The number of hydrogen-bond acceptors (Lipinski definition) is 3. The summed E-state index contributed by atoms with van der Waals surface area (Å²) in [7, 11) is 5.25. The van der Waals surface area contributed by atoms with E-state index >= 15 is 0 Å². The molecule has 0 aromatic heterocycles. The third kappa shape index (κ3) is 8.06. The van der Waals surface area contributed by atoms with E-state index in [2.05, 4.69) is 27.9 Å². The van der Waals surface area contributed by atoms with Crippen molar-refractivity contribution >= 4 is 59.2 Å². The van der Waals surface area contributed by atoms with Gasteiger partial charge in [-0.05, 0) is 41.6 Å². The molecule has 1 unspecified atom stereocenters. The number of amides is 1. The minimum atomic E-state index is 0. The first-order valence-corrected chi connectivity index (χ1v) is 10.6. The second-order valence-electron chi connectivity index (χ2n) is 6.48. The van der Waals surface area contributed by atoms with Crippen molar-refractivity contribution in [3.8, 4) is 0 Å². The zero-order valence-electron chi connectivity index (χ0n) is 17.1. The molecular formula is C21H28ClIN4OS. The molecule has 29 heavy (non-hydrogen) atoms. The lowest BCUT2D eigenvalue weighted by Crippen LogP contribution is -2.38. The van der Waals surface area contributed by atoms with Crippen LogP contribution in [0.5, 0.6) is 0 Å². The van der Waals surface area contributed by atoms with Gasteiger partial charge in [0.2, 0.25) is 0 Å². The lowest BCUT2D eigenvalue weighted by Gasteiger charge is -2.18. The maximum Gasteiger partial charge on any atom is 0.253 e. The first kappa shape index (κ1) is 25.6. The minimum Gasteiger partial charge on any atom is -0.355 e. The van der Waals surface area contributed by atoms with Crippen LogP contribution in [0.25, 0.3) is 0 Å². The van der Waals surface area contributed by atoms with Crippen molar-refractivity contribution in [2.75, 3.05) is 33.9 Å². The molecule has 0 fully saturated rings. The number of halogens is 2. The number of thioether (sulfide) groups is 1. The minimum absolute atomic E-state index is 0. The zero-order valence-corrected chi connectivity index (χ0v) is 21.0. The molecule has 0 radical (unpaired) electrons. The van der Waals surface area contributed by atoms with Crippen molar-refractivity contribution in [1.29, 1.82) is 0 Å². The zero-order chi connectivity index (χ0) is 20.5. The van der Waals surface area contributed by atoms with Gasteiger partial charge in [0, 0.05) is 50.1 Å². The molecule has 0 aliphatic heterocycles. The van der Waals surface area contributed by atoms with Crippen LogP contribution in [0.3, 0.4) is 0 Å². The molecule has 1 amide bonds. The monoisotopic (exact) mass is 546 g/mol. The number of carbonyl (C=O) groups excluding carboxylic acids is 1. The van der Waals surface area contributed by atoms with Gasteiger partial charge >= 0.3 is 0 Å². The predicted octanol–water partition coefficient (Wildman–Crippen LogP) is 4.43. The number of hydrogen-bond donors (Lipinski definition) is 2. The normalized spacial score (nSPS) is 12.0. The summed E-state index contributed by atoms with van der Waals surface area (Å²) in [5.74, 6) is 0.732. The lowest BCUT2D eigenvalue weighted by molar-refractivity contribution is 0.0827. The van der Waals surface area contributed by atoms with Gasteiger partial charge in [-0.15, -0.1) is 24.0 Å². The number of rotatable bonds is 7. The van der Waals surface area contributed by atoms with Crippen LogP contribution in [0, 0.1) is 0 Å². The van der Waals surface area contributed by atoms with Crippen LogP contribution in [0.15, 0.2) is 53.5 Å². The molecule has 2 aromatic rings. The van der Waals surface area contributed by atoms with Gasteiger partial charge in [-0.3, -0.25) is 9.79 Å². The van der Waals surface area contributed by atoms with E-state index in [1.165, 1.54) is 5.56 Å². The average molecular weight is 547 g/mol. The average Bonchev–Trinajstić information content (AvgIpc) is 2.70. The van der Waals surface area contributed by atoms with E-state index in [1.807, 2.05) is 42.5 Å². The molecule has 0 bridgehead atoms. The van der Waals surface area contributed by atoms with Crippen molar-refractivity contribution in [3.63, 3.8) is 0 Å². The number of benzene rings is 2. The molecule has 1 atom stereocenters. The summed E-state index contributed by atoms with van der Waals surface area (Å²) in [5.41, 5.74) is 2.94. The van der Waals surface area contributed by atoms with Crippen LogP contribution >= 0.6 is 47.3 Å². The second kappa shape index (κ2) is 13.0. The maximum absolute atomic E-state index is 12.0. The SMILES string of the molecule is CN=C(NCc1ccc(C(=O)N(C)C)cc1)NCC(SC)c1cccc(Cl)c1.I. The van der Waals surface area contributed by atoms with Gasteiger partial charge in [0.05, 0.1) is 0 Å². The fourth-order valence-corrected chi connectivity index (χ4v) is 3.53. The molecule has 0 saturated carbocycles. The van der Waals surface area contributed by atoms with Gasteiger partial charge in [0.15, 0.2) is 5.96 Å². The number of aliphatic imine (C=N–C) groups is 1. The summed E-state index contributed by atoms with van der Waals surface area (Å²) in [4.78, 5) is 17.8. The van der Waals surface area contributed by atoms with Crippen molar-refractivity contribution in [1.82, 2.24) is 15.5 Å². The number of nitrogens with one attached hydrogen (secondary N) is 2. The highest BCUT2D eigenvalue weighted by Gasteiger charge is 2.12. The Balaban J connectivity index is 0.00000420. The fourth-order valence-electron chi connectivity index (χ4n) is 2.66. The largest absolute Gasteiger partial charge is 0.355 e. The number of nitrogens with zero attached hydrogens (tertiary/aromatic N) is 2. The fraction of sp³-hybridized carbons (Fsp3) is 0.333. The van der Waals surface area contributed by atoms with E-state index in [4.69, 9.17) is 11.6 Å². The molecule has 158 valence electrons. The Morgan fingerprint density at radius 3 is 2.41 bits per heavy atom. The first-order chi connectivity index (χ1) is 13.4. The topological polar surface area (TPSA) is 56.7 Å². The van der Waals surface area contributed by atoms with Gasteiger partial charge < -0.3 is 15.5 Å². The van der Waals surface area contributed by atoms with Crippen molar-refractivity contribution in [2.45, 2.75) is 11.8 Å².